The molecule has 0 saturated carbocycles. The summed E-state index contributed by atoms with van der Waals surface area (Å²) in [5.74, 6) is 2.16. The van der Waals surface area contributed by atoms with Gasteiger partial charge >= 0.3 is 6.01 Å². The molecule has 0 fully saturated rings. The van der Waals surface area contributed by atoms with Crippen molar-refractivity contribution in [3.63, 3.8) is 0 Å². The summed E-state index contributed by atoms with van der Waals surface area (Å²) in [5, 5.41) is 2.86. The molecule has 3 aromatic carbocycles. The fraction of sp³-hybridized carbons (Fsp3) is 0.115. The largest absolute Gasteiger partial charge is 0.497 e. The van der Waals surface area contributed by atoms with Gasteiger partial charge in [-0.2, -0.15) is 0 Å². The third-order valence-electron chi connectivity index (χ3n) is 5.02. The SMILES string of the molecule is COc1cccc(Oc2ncc(-c3ccc(C(=O)Nc4ccc(OC)cc4OC)cc3)cn2)c1. The van der Waals surface area contributed by atoms with Crippen molar-refractivity contribution in [2.75, 3.05) is 26.6 Å². The highest BCUT2D eigenvalue weighted by molar-refractivity contribution is 6.05. The van der Waals surface area contributed by atoms with Crippen LogP contribution in [-0.2, 0) is 0 Å². The van der Waals surface area contributed by atoms with E-state index in [2.05, 4.69) is 15.3 Å². The highest BCUT2D eigenvalue weighted by Gasteiger charge is 2.12. The zero-order valence-corrected chi connectivity index (χ0v) is 18.9. The molecule has 0 aliphatic carbocycles. The van der Waals surface area contributed by atoms with E-state index in [1.807, 2.05) is 24.3 Å². The molecule has 1 heterocycles. The maximum absolute atomic E-state index is 12.7. The molecule has 1 N–H and O–H groups in total. The van der Waals surface area contributed by atoms with Crippen LogP contribution in [0.3, 0.4) is 0 Å². The summed E-state index contributed by atoms with van der Waals surface area (Å²) >= 11 is 0. The molecule has 4 aromatic rings. The number of ether oxygens (including phenoxy) is 4. The highest BCUT2D eigenvalue weighted by Crippen LogP contribution is 2.30. The van der Waals surface area contributed by atoms with Gasteiger partial charge < -0.3 is 24.3 Å². The first-order valence-electron chi connectivity index (χ1n) is 10.4. The molecule has 1 aromatic heterocycles. The maximum Gasteiger partial charge on any atom is 0.321 e. The summed E-state index contributed by atoms with van der Waals surface area (Å²) in [4.78, 5) is 21.3. The van der Waals surface area contributed by atoms with E-state index in [1.54, 1.807) is 69.1 Å². The number of amides is 1. The Kier molecular flexibility index (Phi) is 6.88. The Hall–Kier alpha value is -4.59. The van der Waals surface area contributed by atoms with Crippen molar-refractivity contribution in [2.45, 2.75) is 0 Å². The molecule has 0 bridgehead atoms. The van der Waals surface area contributed by atoms with E-state index in [0.717, 1.165) is 11.1 Å². The fourth-order valence-electron chi connectivity index (χ4n) is 3.20. The van der Waals surface area contributed by atoms with Crippen LogP contribution in [0.5, 0.6) is 29.0 Å². The zero-order valence-electron chi connectivity index (χ0n) is 18.9. The Morgan fingerprint density at radius 1 is 0.735 bits per heavy atom. The molecule has 0 aliphatic heterocycles. The van der Waals surface area contributed by atoms with Crippen molar-refractivity contribution >= 4 is 11.6 Å². The molecule has 0 unspecified atom stereocenters. The second-order valence-electron chi connectivity index (χ2n) is 7.13. The molecular weight excluding hydrogens is 434 g/mol. The molecule has 0 radical (unpaired) electrons. The molecule has 0 aliphatic rings. The van der Waals surface area contributed by atoms with Crippen molar-refractivity contribution in [1.29, 1.82) is 0 Å². The standard InChI is InChI=1S/C26H23N3O5/c1-31-20-5-4-6-22(13-20)34-26-27-15-19(16-28-26)17-7-9-18(10-8-17)25(30)29-23-12-11-21(32-2)14-24(23)33-3/h4-16H,1-3H3,(H,29,30). The van der Waals surface area contributed by atoms with Crippen molar-refractivity contribution in [3.05, 3.63) is 84.7 Å². The number of aromatic nitrogens is 2. The van der Waals surface area contributed by atoms with Gasteiger partial charge in [-0.15, -0.1) is 0 Å². The third kappa shape index (κ3) is 5.24. The molecule has 8 heteroatoms. The Morgan fingerprint density at radius 2 is 1.41 bits per heavy atom. The second-order valence-corrected chi connectivity index (χ2v) is 7.13. The van der Waals surface area contributed by atoms with Gasteiger partial charge in [-0.25, -0.2) is 9.97 Å². The van der Waals surface area contributed by atoms with Crippen LogP contribution < -0.4 is 24.3 Å². The van der Waals surface area contributed by atoms with Gasteiger partial charge in [0, 0.05) is 35.7 Å². The van der Waals surface area contributed by atoms with Gasteiger partial charge in [-0.05, 0) is 42.0 Å². The minimum Gasteiger partial charge on any atom is -0.497 e. The number of nitrogens with one attached hydrogen (secondary N) is 1. The van der Waals surface area contributed by atoms with Crippen LogP contribution in [-0.4, -0.2) is 37.2 Å². The van der Waals surface area contributed by atoms with Crippen molar-refractivity contribution in [2.24, 2.45) is 0 Å². The number of nitrogens with zero attached hydrogens (tertiary/aromatic N) is 2. The Labute approximate surface area is 197 Å². The van der Waals surface area contributed by atoms with Crippen molar-refractivity contribution in [3.8, 4) is 40.1 Å². The van der Waals surface area contributed by atoms with Gasteiger partial charge in [0.05, 0.1) is 27.0 Å². The molecule has 0 spiro atoms. The average molecular weight is 457 g/mol. The molecule has 0 saturated heterocycles. The minimum absolute atomic E-state index is 0.224. The lowest BCUT2D eigenvalue weighted by molar-refractivity contribution is 0.102. The summed E-state index contributed by atoms with van der Waals surface area (Å²) < 4.78 is 21.4. The second kappa shape index (κ2) is 10.4. The molecule has 0 atom stereocenters. The summed E-state index contributed by atoms with van der Waals surface area (Å²) in [6.07, 6.45) is 3.33. The lowest BCUT2D eigenvalue weighted by atomic mass is 10.1. The predicted octanol–water partition coefficient (Wildman–Crippen LogP) is 5.21. The number of anilines is 1. The van der Waals surface area contributed by atoms with Crippen LogP contribution in [0, 0.1) is 0 Å². The van der Waals surface area contributed by atoms with Crippen LogP contribution in [0.1, 0.15) is 10.4 Å². The van der Waals surface area contributed by atoms with Gasteiger partial charge in [0.2, 0.25) is 0 Å². The van der Waals surface area contributed by atoms with E-state index in [-0.39, 0.29) is 11.9 Å². The number of rotatable bonds is 8. The predicted molar refractivity (Wildman–Crippen MR) is 128 cm³/mol. The molecule has 34 heavy (non-hydrogen) atoms. The minimum atomic E-state index is -0.256. The van der Waals surface area contributed by atoms with Crippen LogP contribution in [0.4, 0.5) is 5.69 Å². The van der Waals surface area contributed by atoms with Gasteiger partial charge in [-0.3, -0.25) is 4.79 Å². The van der Waals surface area contributed by atoms with Crippen LogP contribution in [0.25, 0.3) is 11.1 Å². The van der Waals surface area contributed by atoms with Gasteiger partial charge in [0.25, 0.3) is 5.91 Å². The number of hydrogen-bond acceptors (Lipinski definition) is 7. The lowest BCUT2D eigenvalue weighted by Crippen LogP contribution is -2.12. The van der Waals surface area contributed by atoms with E-state index < -0.39 is 0 Å². The highest BCUT2D eigenvalue weighted by atomic mass is 16.5. The van der Waals surface area contributed by atoms with Crippen LogP contribution >= 0.6 is 0 Å². The Balaban J connectivity index is 1.43. The van der Waals surface area contributed by atoms with E-state index in [1.165, 1.54) is 7.11 Å². The van der Waals surface area contributed by atoms with Gasteiger partial charge in [-0.1, -0.05) is 18.2 Å². The lowest BCUT2D eigenvalue weighted by Gasteiger charge is -2.12. The van der Waals surface area contributed by atoms with E-state index >= 15 is 0 Å². The first kappa shape index (κ1) is 22.6. The van der Waals surface area contributed by atoms with Gasteiger partial charge in [0.15, 0.2) is 0 Å². The monoisotopic (exact) mass is 457 g/mol. The van der Waals surface area contributed by atoms with Crippen molar-refractivity contribution < 1.29 is 23.7 Å². The number of hydrogen-bond donors (Lipinski definition) is 1. The Bertz CT molecular complexity index is 1270. The van der Waals surface area contributed by atoms with Gasteiger partial charge in [0.1, 0.15) is 23.0 Å². The molecular formula is C26H23N3O5. The zero-order chi connectivity index (χ0) is 23.9. The van der Waals surface area contributed by atoms with Crippen LogP contribution in [0.15, 0.2) is 79.1 Å². The quantitative estimate of drug-likeness (QED) is 0.388. The first-order valence-corrected chi connectivity index (χ1v) is 10.4. The molecule has 172 valence electrons. The van der Waals surface area contributed by atoms with E-state index in [9.17, 15) is 4.79 Å². The van der Waals surface area contributed by atoms with E-state index in [4.69, 9.17) is 18.9 Å². The normalized spacial score (nSPS) is 10.3. The van der Waals surface area contributed by atoms with Crippen molar-refractivity contribution in [1.82, 2.24) is 9.97 Å². The maximum atomic E-state index is 12.7. The first-order chi connectivity index (χ1) is 16.6. The molecule has 8 nitrogen and oxygen atoms in total. The molecule has 1 amide bonds. The summed E-state index contributed by atoms with van der Waals surface area (Å²) in [7, 11) is 4.70. The average Bonchev–Trinajstić information content (AvgIpc) is 2.89. The molecule has 4 rings (SSSR count). The van der Waals surface area contributed by atoms with Crippen LogP contribution in [0.2, 0.25) is 0 Å². The summed E-state index contributed by atoms with van der Waals surface area (Å²) in [5.41, 5.74) is 2.71. The Morgan fingerprint density at radius 3 is 2.09 bits per heavy atom. The number of benzene rings is 3. The van der Waals surface area contributed by atoms with E-state index in [0.29, 0.717) is 34.2 Å². The fourth-order valence-corrected chi connectivity index (χ4v) is 3.20. The summed E-state index contributed by atoms with van der Waals surface area (Å²) in [6.45, 7) is 0. The number of methoxy groups -OCH3 is 3. The third-order valence-corrected chi connectivity index (χ3v) is 5.02. The number of carbonyl (C=O) groups excluding carboxylic acids is 1. The topological polar surface area (TPSA) is 91.8 Å². The number of carbonyl (C=O) groups is 1. The summed E-state index contributed by atoms with van der Waals surface area (Å²) in [6, 6.07) is 19.8. The smallest absolute Gasteiger partial charge is 0.321 e.